The molecule has 0 saturated heterocycles. The van der Waals surface area contributed by atoms with Crippen molar-refractivity contribution >= 4 is 5.91 Å². The SMILES string of the molecule is Cc1cc(C(=O)N(CC(C)C)C(C)C)ccc1F. The van der Waals surface area contributed by atoms with E-state index in [0.717, 1.165) is 0 Å². The Morgan fingerprint density at radius 3 is 2.33 bits per heavy atom. The van der Waals surface area contributed by atoms with Crippen molar-refractivity contribution in [2.45, 2.75) is 40.7 Å². The number of hydrogen-bond acceptors (Lipinski definition) is 1. The Morgan fingerprint density at radius 1 is 1.28 bits per heavy atom. The Morgan fingerprint density at radius 2 is 1.89 bits per heavy atom. The van der Waals surface area contributed by atoms with Gasteiger partial charge in [-0.2, -0.15) is 0 Å². The van der Waals surface area contributed by atoms with Gasteiger partial charge in [-0.3, -0.25) is 4.79 Å². The lowest BCUT2D eigenvalue weighted by atomic mass is 10.1. The van der Waals surface area contributed by atoms with Crippen molar-refractivity contribution in [1.29, 1.82) is 0 Å². The first-order valence-electron chi connectivity index (χ1n) is 6.40. The summed E-state index contributed by atoms with van der Waals surface area (Å²) in [7, 11) is 0. The molecule has 0 unspecified atom stereocenters. The molecule has 100 valence electrons. The lowest BCUT2D eigenvalue weighted by Gasteiger charge is -2.28. The number of amides is 1. The van der Waals surface area contributed by atoms with Crippen molar-refractivity contribution in [3.05, 3.63) is 35.1 Å². The smallest absolute Gasteiger partial charge is 0.254 e. The van der Waals surface area contributed by atoms with Crippen LogP contribution >= 0.6 is 0 Å². The van der Waals surface area contributed by atoms with E-state index in [9.17, 15) is 9.18 Å². The lowest BCUT2D eigenvalue weighted by molar-refractivity contribution is 0.0682. The van der Waals surface area contributed by atoms with Gasteiger partial charge in [0.15, 0.2) is 0 Å². The molecule has 0 saturated carbocycles. The van der Waals surface area contributed by atoms with Crippen LogP contribution in [0.15, 0.2) is 18.2 Å². The Kier molecular flexibility index (Phi) is 4.88. The standard InChI is InChI=1S/C15H22FNO/c1-10(2)9-17(11(3)4)15(18)13-6-7-14(16)12(5)8-13/h6-8,10-11H,9H2,1-5H3. The van der Waals surface area contributed by atoms with Crippen LogP contribution in [-0.4, -0.2) is 23.4 Å². The first kappa shape index (κ1) is 14.7. The first-order chi connectivity index (χ1) is 8.32. The van der Waals surface area contributed by atoms with Gasteiger partial charge in [0.1, 0.15) is 5.82 Å². The summed E-state index contributed by atoms with van der Waals surface area (Å²) in [6.45, 7) is 10.5. The van der Waals surface area contributed by atoms with E-state index in [1.165, 1.54) is 6.07 Å². The van der Waals surface area contributed by atoms with Gasteiger partial charge >= 0.3 is 0 Å². The molecule has 0 spiro atoms. The largest absolute Gasteiger partial charge is 0.336 e. The summed E-state index contributed by atoms with van der Waals surface area (Å²) >= 11 is 0. The average Bonchev–Trinajstić information content (AvgIpc) is 2.28. The van der Waals surface area contributed by atoms with E-state index in [1.807, 2.05) is 18.7 Å². The quantitative estimate of drug-likeness (QED) is 0.800. The number of benzene rings is 1. The fourth-order valence-electron chi connectivity index (χ4n) is 1.87. The third-order valence-electron chi connectivity index (χ3n) is 2.85. The molecule has 1 aromatic carbocycles. The van der Waals surface area contributed by atoms with Crippen molar-refractivity contribution in [1.82, 2.24) is 4.90 Å². The predicted molar refractivity (Wildman–Crippen MR) is 72.1 cm³/mol. The molecular formula is C15H22FNO. The van der Waals surface area contributed by atoms with Crippen LogP contribution in [0.4, 0.5) is 4.39 Å². The number of aryl methyl sites for hydroxylation is 1. The van der Waals surface area contributed by atoms with Gasteiger partial charge in [0, 0.05) is 18.2 Å². The molecule has 0 aliphatic rings. The molecule has 18 heavy (non-hydrogen) atoms. The van der Waals surface area contributed by atoms with Crippen LogP contribution < -0.4 is 0 Å². The molecule has 0 aliphatic carbocycles. The van der Waals surface area contributed by atoms with Crippen molar-refractivity contribution in [3.8, 4) is 0 Å². The van der Waals surface area contributed by atoms with Crippen LogP contribution in [0.25, 0.3) is 0 Å². The molecule has 1 amide bonds. The summed E-state index contributed by atoms with van der Waals surface area (Å²) in [6.07, 6.45) is 0. The van der Waals surface area contributed by atoms with E-state index in [4.69, 9.17) is 0 Å². The Bertz CT molecular complexity index is 427. The second kappa shape index (κ2) is 5.98. The molecule has 3 heteroatoms. The maximum absolute atomic E-state index is 13.2. The summed E-state index contributed by atoms with van der Waals surface area (Å²) in [5.74, 6) is 0.117. The predicted octanol–water partition coefficient (Wildman–Crippen LogP) is 3.64. The third kappa shape index (κ3) is 3.56. The highest BCUT2D eigenvalue weighted by Gasteiger charge is 2.20. The van der Waals surface area contributed by atoms with Gasteiger partial charge in [-0.1, -0.05) is 13.8 Å². The first-order valence-corrected chi connectivity index (χ1v) is 6.40. The van der Waals surface area contributed by atoms with Gasteiger partial charge in [-0.05, 0) is 50.5 Å². The van der Waals surface area contributed by atoms with Crippen LogP contribution in [0.3, 0.4) is 0 Å². The van der Waals surface area contributed by atoms with Crippen LogP contribution in [0.5, 0.6) is 0 Å². The van der Waals surface area contributed by atoms with Crippen LogP contribution in [0, 0.1) is 18.7 Å². The molecule has 0 atom stereocenters. The average molecular weight is 251 g/mol. The second-order valence-electron chi connectivity index (χ2n) is 5.41. The maximum Gasteiger partial charge on any atom is 0.254 e. The Hall–Kier alpha value is -1.38. The molecule has 0 radical (unpaired) electrons. The zero-order chi connectivity index (χ0) is 13.9. The molecule has 0 fully saturated rings. The number of hydrogen-bond donors (Lipinski definition) is 0. The monoisotopic (exact) mass is 251 g/mol. The molecule has 0 aromatic heterocycles. The molecule has 2 nitrogen and oxygen atoms in total. The maximum atomic E-state index is 13.2. The van der Waals surface area contributed by atoms with E-state index in [0.29, 0.717) is 23.6 Å². The molecule has 0 heterocycles. The zero-order valence-corrected chi connectivity index (χ0v) is 11.8. The summed E-state index contributed by atoms with van der Waals surface area (Å²) in [5.41, 5.74) is 1.07. The number of rotatable bonds is 4. The van der Waals surface area contributed by atoms with Crippen molar-refractivity contribution in [3.63, 3.8) is 0 Å². The molecule has 0 aliphatic heterocycles. The van der Waals surface area contributed by atoms with Crippen LogP contribution in [0.2, 0.25) is 0 Å². The van der Waals surface area contributed by atoms with E-state index >= 15 is 0 Å². The van der Waals surface area contributed by atoms with Gasteiger partial charge in [0.05, 0.1) is 0 Å². The van der Waals surface area contributed by atoms with E-state index < -0.39 is 0 Å². The number of carbonyl (C=O) groups excluding carboxylic acids is 1. The van der Waals surface area contributed by atoms with E-state index in [2.05, 4.69) is 13.8 Å². The zero-order valence-electron chi connectivity index (χ0n) is 11.8. The van der Waals surface area contributed by atoms with Gasteiger partial charge in [0.2, 0.25) is 0 Å². The highest BCUT2D eigenvalue weighted by molar-refractivity contribution is 5.94. The van der Waals surface area contributed by atoms with Crippen molar-refractivity contribution in [2.75, 3.05) is 6.54 Å². The van der Waals surface area contributed by atoms with E-state index in [-0.39, 0.29) is 17.8 Å². The van der Waals surface area contributed by atoms with E-state index in [1.54, 1.807) is 19.1 Å². The number of halogens is 1. The highest BCUT2D eigenvalue weighted by atomic mass is 19.1. The fourth-order valence-corrected chi connectivity index (χ4v) is 1.87. The summed E-state index contributed by atoms with van der Waals surface area (Å²) < 4.78 is 13.2. The fraction of sp³-hybridized carbons (Fsp3) is 0.533. The minimum Gasteiger partial charge on any atom is -0.336 e. The van der Waals surface area contributed by atoms with Crippen LogP contribution in [0.1, 0.15) is 43.6 Å². The number of carbonyl (C=O) groups is 1. The van der Waals surface area contributed by atoms with Crippen LogP contribution in [-0.2, 0) is 0 Å². The van der Waals surface area contributed by atoms with Gasteiger partial charge in [-0.25, -0.2) is 4.39 Å². The molecule has 1 rings (SSSR count). The minimum absolute atomic E-state index is 0.0261. The van der Waals surface area contributed by atoms with Gasteiger partial charge in [-0.15, -0.1) is 0 Å². The summed E-state index contributed by atoms with van der Waals surface area (Å²) in [4.78, 5) is 14.2. The topological polar surface area (TPSA) is 20.3 Å². The molecule has 1 aromatic rings. The second-order valence-corrected chi connectivity index (χ2v) is 5.41. The molecule has 0 N–H and O–H groups in total. The summed E-state index contributed by atoms with van der Waals surface area (Å²) in [6, 6.07) is 4.68. The van der Waals surface area contributed by atoms with Gasteiger partial charge in [0.25, 0.3) is 5.91 Å². The number of nitrogens with zero attached hydrogens (tertiary/aromatic N) is 1. The van der Waals surface area contributed by atoms with Crippen molar-refractivity contribution in [2.24, 2.45) is 5.92 Å². The van der Waals surface area contributed by atoms with Crippen molar-refractivity contribution < 1.29 is 9.18 Å². The molecule has 0 bridgehead atoms. The summed E-state index contributed by atoms with van der Waals surface area (Å²) in [5, 5.41) is 0. The Balaban J connectivity index is 2.98. The molecular weight excluding hydrogens is 229 g/mol. The minimum atomic E-state index is -0.272. The third-order valence-corrected chi connectivity index (χ3v) is 2.85. The normalized spacial score (nSPS) is 11.1. The highest BCUT2D eigenvalue weighted by Crippen LogP contribution is 2.14. The lowest BCUT2D eigenvalue weighted by Crippen LogP contribution is -2.39. The Labute approximate surface area is 109 Å². The van der Waals surface area contributed by atoms with Gasteiger partial charge < -0.3 is 4.90 Å².